The molecule has 34 heteroatoms. The van der Waals surface area contributed by atoms with Gasteiger partial charge in [-0.2, -0.15) is 0 Å². The molecule has 6 aliphatic rings. The van der Waals surface area contributed by atoms with E-state index in [9.17, 15) is 92.7 Å². The molecule has 33 nitrogen and oxygen atoms in total. The van der Waals surface area contributed by atoms with Gasteiger partial charge in [0, 0.05) is 93.0 Å². The number of hydrogen-bond donors (Lipinski definition) is 12. The molecule has 4 saturated heterocycles. The number of Topliss-reactive ketones (excluding diaryl/α,β-unsaturated/α-hetero) is 1. The van der Waals surface area contributed by atoms with E-state index in [1.54, 1.807) is 30.3 Å². The van der Waals surface area contributed by atoms with E-state index in [0.29, 0.717) is 73.9 Å². The molecule has 0 aliphatic carbocycles. The molecule has 13 N–H and O–H groups in total. The van der Waals surface area contributed by atoms with E-state index < -0.39 is 170 Å². The predicted molar refractivity (Wildman–Crippen MR) is 393 cm³/mol. The second-order valence-electron chi connectivity index (χ2n) is 28.6. The fourth-order valence-electron chi connectivity index (χ4n) is 15.1. The summed E-state index contributed by atoms with van der Waals surface area (Å²) in [7, 11) is 0. The van der Waals surface area contributed by atoms with Crippen LogP contribution in [0.4, 0.5) is 5.69 Å². The van der Waals surface area contributed by atoms with Gasteiger partial charge in [-0.1, -0.05) is 51.4 Å². The zero-order valence-corrected chi connectivity index (χ0v) is 62.0. The molecule has 590 valence electrons. The van der Waals surface area contributed by atoms with Gasteiger partial charge in [0.05, 0.1) is 24.8 Å². The molecule has 0 bridgehead atoms. The molecule has 6 aliphatic heterocycles. The molecule has 0 saturated carbocycles. The van der Waals surface area contributed by atoms with E-state index in [4.69, 9.17) is 27.4 Å². The lowest BCUT2D eigenvalue weighted by atomic mass is 9.77. The Balaban J connectivity index is 0.868. The van der Waals surface area contributed by atoms with Crippen LogP contribution in [0.25, 0.3) is 0 Å². The SMILES string of the molecule is C[C@@H]1NC(=O)[C@H]([C@@H](C)O)NC(=O)[C@@H]2CCCN2C(=O)[C@H](CCC(=O)O)NC(=O)CN(C(=O)CCCCNC(=S)Nc2ccc3c(c2)C2(OC3=O)c3ccc(O)cc3Oc3cc(O)ccc32)CCCCCCCCCCCCN(CC(N)=O)C(=O)[C@H](CCC(=O)O)NC(=O)C(=O)[C@@H]2CCCN2C(=O)[C@@H]2CCCN2C1=O. The number of thiocarbonyl (C=S) groups is 1. The lowest BCUT2D eigenvalue weighted by molar-refractivity contribution is -0.150. The number of aliphatic hydroxyl groups is 1. The Morgan fingerprint density at radius 1 is 0.606 bits per heavy atom. The van der Waals surface area contributed by atoms with Crippen LogP contribution in [0.5, 0.6) is 23.0 Å². The maximum atomic E-state index is 14.6. The second kappa shape index (κ2) is 38.0. The molecule has 0 radical (unpaired) electrons. The summed E-state index contributed by atoms with van der Waals surface area (Å²) in [5, 5.41) is 67.7. The molecular formula is C75H98N12O21S. The van der Waals surface area contributed by atoms with E-state index in [-0.39, 0.29) is 111 Å². The average molecular weight is 1540 g/mol. The van der Waals surface area contributed by atoms with Crippen LogP contribution in [0, 0.1) is 0 Å². The number of unbranched alkanes of at least 4 members (excludes halogenated alkanes) is 1. The number of nitrogens with two attached hydrogens (primary N) is 1. The number of primary amides is 1. The van der Waals surface area contributed by atoms with Gasteiger partial charge in [0.1, 0.15) is 65.3 Å². The van der Waals surface area contributed by atoms with Crippen molar-refractivity contribution in [3.05, 3.63) is 76.9 Å². The lowest BCUT2D eigenvalue weighted by Gasteiger charge is -2.36. The summed E-state index contributed by atoms with van der Waals surface area (Å²) in [4.78, 5) is 198. The molecule has 109 heavy (non-hydrogen) atoms. The lowest BCUT2D eigenvalue weighted by Crippen LogP contribution is -2.61. The molecule has 3 aromatic rings. The van der Waals surface area contributed by atoms with Crippen molar-refractivity contribution in [1.82, 2.24) is 51.1 Å². The number of benzene rings is 3. The van der Waals surface area contributed by atoms with E-state index in [2.05, 4.69) is 31.9 Å². The van der Waals surface area contributed by atoms with Gasteiger partial charge in [-0.05, 0) is 146 Å². The molecule has 0 unspecified atom stereocenters. The predicted octanol–water partition coefficient (Wildman–Crippen LogP) is 2.79. The summed E-state index contributed by atoms with van der Waals surface area (Å²) >= 11 is 5.69. The number of rotatable bonds is 15. The Hall–Kier alpha value is -10.5. The number of nitrogens with one attached hydrogen (secondary N) is 6. The van der Waals surface area contributed by atoms with Crippen LogP contribution in [0.1, 0.15) is 189 Å². The number of esters is 1. The summed E-state index contributed by atoms with van der Waals surface area (Å²) in [6.45, 7) is 1.92. The highest BCUT2D eigenvalue weighted by Gasteiger charge is 2.54. The molecule has 6 heterocycles. The minimum absolute atomic E-state index is 0.0137. The van der Waals surface area contributed by atoms with Gasteiger partial charge in [0.15, 0.2) is 10.7 Å². The number of phenolic OH excluding ortho intramolecular Hbond substituents is 2. The topological polar surface area (TPSA) is 473 Å². The van der Waals surface area contributed by atoms with E-state index in [0.717, 1.165) is 48.3 Å². The third-order valence-corrected chi connectivity index (χ3v) is 20.9. The highest BCUT2D eigenvalue weighted by atomic mass is 32.1. The molecule has 3 aromatic carbocycles. The first-order valence-corrected chi connectivity index (χ1v) is 37.9. The van der Waals surface area contributed by atoms with Crippen LogP contribution < -0.4 is 42.4 Å². The number of nitrogens with zero attached hydrogens (tertiary/aromatic N) is 5. The molecular weight excluding hydrogens is 1440 g/mol. The van der Waals surface area contributed by atoms with Crippen molar-refractivity contribution in [2.75, 3.05) is 57.7 Å². The van der Waals surface area contributed by atoms with E-state index >= 15 is 0 Å². The number of ether oxygens (including phenoxy) is 2. The molecule has 1 spiro atoms. The fourth-order valence-corrected chi connectivity index (χ4v) is 15.3. The van der Waals surface area contributed by atoms with Crippen LogP contribution in [0.3, 0.4) is 0 Å². The first-order valence-electron chi connectivity index (χ1n) is 37.5. The number of fused-ring (bicyclic) bond motifs is 9. The van der Waals surface area contributed by atoms with Gasteiger partial charge in [0.2, 0.25) is 58.9 Å². The average Bonchev–Trinajstić information content (AvgIpc) is 1.58. The Bertz CT molecular complexity index is 3920. The van der Waals surface area contributed by atoms with E-state index in [1.165, 1.54) is 52.8 Å². The quantitative estimate of drug-likeness (QED) is 0.0450. The highest BCUT2D eigenvalue weighted by molar-refractivity contribution is 7.80. The number of carboxylic acid groups (broad SMARTS) is 2. The summed E-state index contributed by atoms with van der Waals surface area (Å²) in [6, 6.07) is 3.88. The van der Waals surface area contributed by atoms with Crippen molar-refractivity contribution < 1.29 is 102 Å². The monoisotopic (exact) mass is 1530 g/mol. The Kier molecular flexibility index (Phi) is 28.8. The van der Waals surface area contributed by atoms with Crippen molar-refractivity contribution in [3.8, 4) is 23.0 Å². The third kappa shape index (κ3) is 20.8. The fraction of sp³-hybridized carbons (Fsp3) is 0.560. The number of aromatic hydroxyl groups is 2. The molecule has 9 rings (SSSR count). The van der Waals surface area contributed by atoms with E-state index in [1.807, 2.05) is 0 Å². The molecule has 4 fully saturated rings. The summed E-state index contributed by atoms with van der Waals surface area (Å²) in [6.07, 6.45) is 5.23. The zero-order valence-electron chi connectivity index (χ0n) is 61.2. The maximum absolute atomic E-state index is 14.6. The van der Waals surface area contributed by atoms with Crippen molar-refractivity contribution in [3.63, 3.8) is 0 Å². The van der Waals surface area contributed by atoms with Crippen LogP contribution in [0.2, 0.25) is 0 Å². The Morgan fingerprint density at radius 3 is 1.74 bits per heavy atom. The molecule has 8 atom stereocenters. The van der Waals surface area contributed by atoms with Crippen LogP contribution in [-0.2, 0) is 72.7 Å². The van der Waals surface area contributed by atoms with Crippen LogP contribution in [-0.4, -0.2) is 239 Å². The number of amides is 10. The summed E-state index contributed by atoms with van der Waals surface area (Å²) in [5.74, 6) is -12.4. The first-order chi connectivity index (χ1) is 52.1. The third-order valence-electron chi connectivity index (χ3n) is 20.6. The second-order valence-corrected chi connectivity index (χ2v) is 29.0. The van der Waals surface area contributed by atoms with Crippen LogP contribution in [0.15, 0.2) is 54.6 Å². The Labute approximate surface area is 635 Å². The Morgan fingerprint density at radius 2 is 1.16 bits per heavy atom. The number of ketones is 1. The number of carbonyl (C=O) groups excluding carboxylic acids is 12. The van der Waals surface area contributed by atoms with Crippen molar-refractivity contribution in [1.29, 1.82) is 0 Å². The summed E-state index contributed by atoms with van der Waals surface area (Å²) < 4.78 is 12.3. The number of aliphatic carboxylic acids is 2. The minimum Gasteiger partial charge on any atom is -0.508 e. The summed E-state index contributed by atoms with van der Waals surface area (Å²) in [5.41, 5.74) is 6.09. The van der Waals surface area contributed by atoms with Gasteiger partial charge >= 0.3 is 17.9 Å². The first kappa shape index (κ1) is 82.5. The van der Waals surface area contributed by atoms with Gasteiger partial charge in [0.25, 0.3) is 5.91 Å². The number of hydrogen-bond acceptors (Lipinski definition) is 20. The normalized spacial score (nSPS) is 23.6. The largest absolute Gasteiger partial charge is 0.508 e. The van der Waals surface area contributed by atoms with Gasteiger partial charge < -0.3 is 97.1 Å². The van der Waals surface area contributed by atoms with Gasteiger partial charge in [-0.25, -0.2) is 4.79 Å². The smallest absolute Gasteiger partial charge is 0.340 e. The molecule has 10 amide bonds. The zero-order chi connectivity index (χ0) is 78.8. The number of carboxylic acids is 2. The van der Waals surface area contributed by atoms with Gasteiger partial charge in [-0.3, -0.25) is 62.3 Å². The van der Waals surface area contributed by atoms with Gasteiger partial charge in [-0.15, -0.1) is 0 Å². The van der Waals surface area contributed by atoms with Crippen molar-refractivity contribution in [2.24, 2.45) is 5.73 Å². The molecule has 0 aromatic heterocycles. The van der Waals surface area contributed by atoms with Crippen molar-refractivity contribution in [2.45, 2.75) is 216 Å². The minimum atomic E-state index is -1.72. The maximum Gasteiger partial charge on any atom is 0.340 e. The standard InChI is InChI=1S/C75H98N12O21S/c1-43-69(102)87-37-17-20-56(87)72(105)85-35-15-18-54(85)65(98)68(101)81-52(28-30-62(94)95)70(103)84(41-59(76)91)34-14-10-8-6-4-3-5-7-9-13-33-83(42-60(92)80-53(29-31-63(96)97)71(104)86-36-16-19-55(86)66(99)82-64(44(2)88)67(100)78-43)61(93)21-11-12-32-77-74(109)79-45-22-25-48-51(38-45)75(108-73(48)106)49-26-23-46(89)39-57(49)107-58-40-47(90)24-27-50(58)75/h22-27,38-40,43-44,52-56,64,88-90H,3-21,28-37,41-42H2,1-2H3,(H2,76,91)(H,78,100)(H,80,92)(H,81,101)(H,82,99)(H,94,95)(H,96,97)(H2,77,79,109)/t43-,44+,52-,53-,54-,55-,56-,64-/m0/s1. The number of anilines is 1. The van der Waals surface area contributed by atoms with Crippen LogP contribution >= 0.6 is 12.2 Å². The van der Waals surface area contributed by atoms with Crippen molar-refractivity contribution >= 4 is 106 Å². The highest BCUT2D eigenvalue weighted by Crippen LogP contribution is 2.57. The number of aliphatic hydroxyl groups excluding tert-OH is 1. The number of phenols is 2. The number of carbonyl (C=O) groups is 14.